The third kappa shape index (κ3) is 3.39. The lowest BCUT2D eigenvalue weighted by Gasteiger charge is -1.98. The van der Waals surface area contributed by atoms with Gasteiger partial charge in [0.25, 0.3) is 0 Å². The molecular weight excluding hydrogens is 334 g/mol. The van der Waals surface area contributed by atoms with Crippen molar-refractivity contribution in [2.24, 2.45) is 4.99 Å². The second kappa shape index (κ2) is 6.79. The lowest BCUT2D eigenvalue weighted by molar-refractivity contribution is 0.579. The van der Waals surface area contributed by atoms with Gasteiger partial charge in [-0.05, 0) is 48.5 Å². The minimum Gasteiger partial charge on any atom is -0.463 e. The van der Waals surface area contributed by atoms with E-state index in [2.05, 4.69) is 10.1 Å². The minimum atomic E-state index is 0.687. The maximum atomic E-state index is 5.92. The lowest BCUT2D eigenvalue weighted by Crippen LogP contribution is -1.93. The van der Waals surface area contributed by atoms with Gasteiger partial charge in [-0.2, -0.15) is 5.10 Å². The second-order valence-electron chi connectivity index (χ2n) is 5.43. The monoisotopic (exact) mass is 347 g/mol. The van der Waals surface area contributed by atoms with Gasteiger partial charge in [-0.15, -0.1) is 0 Å². The first kappa shape index (κ1) is 15.4. The topological polar surface area (TPSA) is 43.3 Å². The number of rotatable bonds is 4. The Balaban J connectivity index is 1.75. The van der Waals surface area contributed by atoms with E-state index in [0.29, 0.717) is 10.8 Å². The SMILES string of the molecule is Clc1ccc(N=Cc2cn(-c3ccccc3)nc2-c2ccco2)cc1. The van der Waals surface area contributed by atoms with Crippen molar-refractivity contribution < 1.29 is 4.42 Å². The third-order valence-electron chi connectivity index (χ3n) is 3.70. The summed E-state index contributed by atoms with van der Waals surface area (Å²) in [5, 5.41) is 5.35. The number of hydrogen-bond donors (Lipinski definition) is 0. The van der Waals surface area contributed by atoms with Crippen LogP contribution in [0.2, 0.25) is 5.02 Å². The Bertz CT molecular complexity index is 987. The summed E-state index contributed by atoms with van der Waals surface area (Å²) in [6.45, 7) is 0. The van der Waals surface area contributed by atoms with Crippen molar-refractivity contribution >= 4 is 23.5 Å². The molecule has 0 amide bonds. The summed E-state index contributed by atoms with van der Waals surface area (Å²) in [5.41, 5.74) is 3.41. The van der Waals surface area contributed by atoms with E-state index in [-0.39, 0.29) is 0 Å². The molecule has 0 unspecified atom stereocenters. The fourth-order valence-corrected chi connectivity index (χ4v) is 2.60. The van der Waals surface area contributed by atoms with Crippen LogP contribution in [0.15, 0.2) is 88.6 Å². The van der Waals surface area contributed by atoms with Gasteiger partial charge in [0.15, 0.2) is 5.76 Å². The van der Waals surface area contributed by atoms with Crippen molar-refractivity contribution in [1.82, 2.24) is 9.78 Å². The van der Waals surface area contributed by atoms with Crippen LogP contribution >= 0.6 is 11.6 Å². The predicted molar refractivity (Wildman–Crippen MR) is 100.0 cm³/mol. The fraction of sp³-hybridized carbons (Fsp3) is 0. The van der Waals surface area contributed by atoms with Crippen LogP contribution < -0.4 is 0 Å². The zero-order valence-corrected chi connectivity index (χ0v) is 14.0. The highest BCUT2D eigenvalue weighted by Crippen LogP contribution is 2.24. The van der Waals surface area contributed by atoms with Gasteiger partial charge in [0, 0.05) is 23.0 Å². The van der Waals surface area contributed by atoms with Crippen LogP contribution in [-0.2, 0) is 0 Å². The maximum absolute atomic E-state index is 5.92. The molecule has 0 atom stereocenters. The molecule has 4 aromatic rings. The summed E-state index contributed by atoms with van der Waals surface area (Å²) in [6.07, 6.45) is 5.36. The molecule has 0 fully saturated rings. The van der Waals surface area contributed by atoms with Gasteiger partial charge in [-0.25, -0.2) is 4.68 Å². The van der Waals surface area contributed by atoms with Crippen molar-refractivity contribution in [1.29, 1.82) is 0 Å². The average molecular weight is 348 g/mol. The van der Waals surface area contributed by atoms with Gasteiger partial charge in [-0.3, -0.25) is 4.99 Å². The Morgan fingerprint density at radius 3 is 2.48 bits per heavy atom. The number of halogens is 1. The number of para-hydroxylation sites is 1. The molecule has 0 spiro atoms. The standard InChI is InChI=1S/C20H14ClN3O/c21-16-8-10-17(11-9-16)22-13-15-14-24(18-5-2-1-3-6-18)23-20(15)19-7-4-12-25-19/h1-14H. The highest BCUT2D eigenvalue weighted by molar-refractivity contribution is 6.30. The number of aliphatic imine (C=N–C) groups is 1. The van der Waals surface area contributed by atoms with Gasteiger partial charge < -0.3 is 4.42 Å². The molecule has 0 aliphatic carbocycles. The molecule has 0 aliphatic heterocycles. The van der Waals surface area contributed by atoms with Crippen LogP contribution in [0.1, 0.15) is 5.56 Å². The normalized spacial score (nSPS) is 11.2. The van der Waals surface area contributed by atoms with E-state index in [0.717, 1.165) is 22.6 Å². The van der Waals surface area contributed by atoms with Crippen LogP contribution in [0.3, 0.4) is 0 Å². The molecule has 0 saturated heterocycles. The Morgan fingerprint density at radius 2 is 1.76 bits per heavy atom. The molecule has 2 aromatic heterocycles. The Labute approximate surface area is 150 Å². The Hall–Kier alpha value is -3.11. The average Bonchev–Trinajstić information content (AvgIpc) is 3.31. The smallest absolute Gasteiger partial charge is 0.154 e. The molecule has 0 saturated carbocycles. The van der Waals surface area contributed by atoms with E-state index in [9.17, 15) is 0 Å². The van der Waals surface area contributed by atoms with Crippen molar-refractivity contribution in [3.63, 3.8) is 0 Å². The molecule has 0 radical (unpaired) electrons. The quantitative estimate of drug-likeness (QED) is 0.455. The number of nitrogens with zero attached hydrogens (tertiary/aromatic N) is 3. The number of hydrogen-bond acceptors (Lipinski definition) is 3. The van der Waals surface area contributed by atoms with Crippen LogP contribution in [0.5, 0.6) is 0 Å². The Morgan fingerprint density at radius 1 is 0.960 bits per heavy atom. The van der Waals surface area contributed by atoms with E-state index in [4.69, 9.17) is 16.0 Å². The fourth-order valence-electron chi connectivity index (χ4n) is 2.47. The molecule has 0 N–H and O–H groups in total. The minimum absolute atomic E-state index is 0.687. The first-order valence-electron chi connectivity index (χ1n) is 7.78. The zero-order valence-electron chi connectivity index (χ0n) is 13.2. The van der Waals surface area contributed by atoms with Crippen molar-refractivity contribution in [3.05, 3.63) is 89.8 Å². The van der Waals surface area contributed by atoms with E-state index in [1.54, 1.807) is 12.5 Å². The van der Waals surface area contributed by atoms with Crippen molar-refractivity contribution in [3.8, 4) is 17.1 Å². The molecule has 5 heteroatoms. The van der Waals surface area contributed by atoms with Crippen LogP contribution in [0.4, 0.5) is 5.69 Å². The van der Waals surface area contributed by atoms with E-state index in [1.165, 1.54) is 0 Å². The summed E-state index contributed by atoms with van der Waals surface area (Å²) in [4.78, 5) is 4.52. The van der Waals surface area contributed by atoms with Crippen molar-refractivity contribution in [2.75, 3.05) is 0 Å². The van der Waals surface area contributed by atoms with Gasteiger partial charge in [-0.1, -0.05) is 29.8 Å². The predicted octanol–water partition coefficient (Wildman–Crippen LogP) is 5.54. The molecule has 2 heterocycles. The number of aromatic nitrogens is 2. The third-order valence-corrected chi connectivity index (χ3v) is 3.95. The summed E-state index contributed by atoms with van der Waals surface area (Å²) in [7, 11) is 0. The van der Waals surface area contributed by atoms with E-state index >= 15 is 0 Å². The zero-order chi connectivity index (χ0) is 17.1. The van der Waals surface area contributed by atoms with Crippen LogP contribution in [0, 0.1) is 0 Å². The second-order valence-corrected chi connectivity index (χ2v) is 5.86. The summed E-state index contributed by atoms with van der Waals surface area (Å²) in [5.74, 6) is 0.701. The van der Waals surface area contributed by atoms with Gasteiger partial charge in [0.2, 0.25) is 0 Å². The molecular formula is C20H14ClN3O. The molecule has 0 aliphatic rings. The molecule has 2 aromatic carbocycles. The Kier molecular flexibility index (Phi) is 4.19. The lowest BCUT2D eigenvalue weighted by atomic mass is 10.2. The van der Waals surface area contributed by atoms with E-state index in [1.807, 2.05) is 77.6 Å². The first-order valence-corrected chi connectivity index (χ1v) is 8.16. The first-order chi connectivity index (χ1) is 12.3. The highest BCUT2D eigenvalue weighted by atomic mass is 35.5. The summed E-state index contributed by atoms with van der Waals surface area (Å²) in [6, 6.07) is 21.0. The van der Waals surface area contributed by atoms with Crippen molar-refractivity contribution in [2.45, 2.75) is 0 Å². The van der Waals surface area contributed by atoms with Gasteiger partial charge in [0.05, 0.1) is 17.6 Å². The maximum Gasteiger partial charge on any atom is 0.154 e. The van der Waals surface area contributed by atoms with Crippen LogP contribution in [-0.4, -0.2) is 16.0 Å². The molecule has 0 bridgehead atoms. The van der Waals surface area contributed by atoms with Gasteiger partial charge >= 0.3 is 0 Å². The number of furan rings is 1. The summed E-state index contributed by atoms with van der Waals surface area (Å²) >= 11 is 5.92. The molecule has 4 rings (SSSR count). The summed E-state index contributed by atoms with van der Waals surface area (Å²) < 4.78 is 7.34. The van der Waals surface area contributed by atoms with E-state index < -0.39 is 0 Å². The highest BCUT2D eigenvalue weighted by Gasteiger charge is 2.13. The molecule has 122 valence electrons. The number of benzene rings is 2. The largest absolute Gasteiger partial charge is 0.463 e. The molecule has 4 nitrogen and oxygen atoms in total. The van der Waals surface area contributed by atoms with Crippen LogP contribution in [0.25, 0.3) is 17.1 Å². The molecule has 25 heavy (non-hydrogen) atoms. The van der Waals surface area contributed by atoms with Gasteiger partial charge in [0.1, 0.15) is 5.69 Å².